The van der Waals surface area contributed by atoms with Crippen LogP contribution >= 0.6 is 23.4 Å². The molecule has 2 heteroatoms. The number of halogens is 1. The molecule has 27 heavy (non-hydrogen) atoms. The molecule has 1 atom stereocenters. The number of allylic oxidation sites excluding steroid dienone is 2. The standard InChI is InChI=1S/C18H23ClS.C7H16/c1-14(2)20-13-15(3)18(11-5-4-6-12-18)16-7-9-17(19)10-8-16;1-4-6-7(3)5-2/h7-10,13H,1,4-6,11-12H2,2-3H3;7H,4-6H2,1-3H3/b15-13+;. The van der Waals surface area contributed by atoms with Gasteiger partial charge in [-0.05, 0) is 60.6 Å². The Kier molecular flexibility index (Phi) is 11.5. The van der Waals surface area contributed by atoms with Crippen LogP contribution in [0, 0.1) is 5.92 Å². The van der Waals surface area contributed by atoms with Gasteiger partial charge in [-0.1, -0.05) is 95.2 Å². The first kappa shape index (κ1) is 24.4. The molecule has 0 radical (unpaired) electrons. The van der Waals surface area contributed by atoms with Crippen LogP contribution in [0.5, 0.6) is 0 Å². The molecule has 1 aromatic carbocycles. The van der Waals surface area contributed by atoms with E-state index in [9.17, 15) is 0 Å². The van der Waals surface area contributed by atoms with Crippen LogP contribution < -0.4 is 0 Å². The van der Waals surface area contributed by atoms with Crippen molar-refractivity contribution >= 4 is 23.4 Å². The van der Waals surface area contributed by atoms with Crippen LogP contribution in [0.4, 0.5) is 0 Å². The molecule has 2 rings (SSSR count). The van der Waals surface area contributed by atoms with Crippen LogP contribution in [0.2, 0.25) is 5.02 Å². The predicted molar refractivity (Wildman–Crippen MR) is 127 cm³/mol. The van der Waals surface area contributed by atoms with Crippen molar-refractivity contribution in [2.45, 2.75) is 91.4 Å². The summed E-state index contributed by atoms with van der Waals surface area (Å²) in [5.74, 6) is 0.949. The normalized spacial score (nSPS) is 17.6. The molecule has 0 bridgehead atoms. The quantitative estimate of drug-likeness (QED) is 0.434. The first-order chi connectivity index (χ1) is 12.9. The summed E-state index contributed by atoms with van der Waals surface area (Å²) in [5.41, 5.74) is 3.08. The molecule has 0 aromatic heterocycles. The zero-order valence-electron chi connectivity index (χ0n) is 18.1. The Morgan fingerprint density at radius 1 is 1.15 bits per heavy atom. The van der Waals surface area contributed by atoms with Gasteiger partial charge in [0, 0.05) is 10.4 Å². The molecule has 0 spiro atoms. The van der Waals surface area contributed by atoms with E-state index in [2.05, 4.69) is 58.7 Å². The van der Waals surface area contributed by atoms with Crippen LogP contribution in [0.15, 0.2) is 46.7 Å². The van der Waals surface area contributed by atoms with Gasteiger partial charge >= 0.3 is 0 Å². The van der Waals surface area contributed by atoms with Crippen molar-refractivity contribution < 1.29 is 0 Å². The monoisotopic (exact) mass is 406 g/mol. The van der Waals surface area contributed by atoms with Crippen molar-refractivity contribution in [2.75, 3.05) is 0 Å². The zero-order valence-corrected chi connectivity index (χ0v) is 19.7. The summed E-state index contributed by atoms with van der Waals surface area (Å²) in [5, 5.41) is 3.11. The maximum absolute atomic E-state index is 6.05. The van der Waals surface area contributed by atoms with Gasteiger partial charge < -0.3 is 0 Å². The van der Waals surface area contributed by atoms with Gasteiger partial charge in [-0.25, -0.2) is 0 Å². The van der Waals surface area contributed by atoms with Gasteiger partial charge in [0.25, 0.3) is 0 Å². The predicted octanol–water partition coefficient (Wildman–Crippen LogP) is 9.55. The minimum atomic E-state index is 0.200. The van der Waals surface area contributed by atoms with Crippen molar-refractivity contribution in [3.63, 3.8) is 0 Å². The van der Waals surface area contributed by atoms with E-state index in [-0.39, 0.29) is 5.41 Å². The molecule has 0 amide bonds. The Morgan fingerprint density at radius 2 is 1.74 bits per heavy atom. The van der Waals surface area contributed by atoms with E-state index in [4.69, 9.17) is 11.6 Å². The SMILES string of the molecule is C=C(C)S/C=C(\C)C1(c2ccc(Cl)cc2)CCCCC1.CCCC(C)CC. The Hall–Kier alpha value is -0.660. The fourth-order valence-corrected chi connectivity index (χ4v) is 4.56. The Labute approximate surface area is 177 Å². The second-order valence-electron chi connectivity index (χ2n) is 8.07. The number of hydrogen-bond acceptors (Lipinski definition) is 1. The van der Waals surface area contributed by atoms with E-state index in [1.165, 1.54) is 62.5 Å². The number of hydrogen-bond donors (Lipinski definition) is 0. The third-order valence-corrected chi connectivity index (χ3v) is 6.90. The van der Waals surface area contributed by atoms with Crippen molar-refractivity contribution in [3.05, 3.63) is 57.3 Å². The number of thioether (sulfide) groups is 1. The van der Waals surface area contributed by atoms with E-state index < -0.39 is 0 Å². The summed E-state index contributed by atoms with van der Waals surface area (Å²) in [6.45, 7) is 15.1. The highest BCUT2D eigenvalue weighted by molar-refractivity contribution is 8.05. The summed E-state index contributed by atoms with van der Waals surface area (Å²) in [6.07, 6.45) is 10.5. The molecular formula is C25H39ClS. The van der Waals surface area contributed by atoms with Crippen LogP contribution in [-0.2, 0) is 5.41 Å². The molecule has 0 nitrogen and oxygen atoms in total. The van der Waals surface area contributed by atoms with E-state index in [1.807, 2.05) is 12.1 Å². The van der Waals surface area contributed by atoms with Crippen molar-refractivity contribution in [1.82, 2.24) is 0 Å². The molecule has 0 N–H and O–H groups in total. The summed E-state index contributed by atoms with van der Waals surface area (Å²) in [6, 6.07) is 8.45. The molecule has 1 saturated carbocycles. The highest BCUT2D eigenvalue weighted by Crippen LogP contribution is 2.46. The lowest BCUT2D eigenvalue weighted by molar-refractivity contribution is 0.340. The van der Waals surface area contributed by atoms with Gasteiger partial charge in [0.05, 0.1) is 0 Å². The largest absolute Gasteiger partial charge is 0.103 e. The van der Waals surface area contributed by atoms with Crippen LogP contribution in [0.25, 0.3) is 0 Å². The number of benzene rings is 1. The van der Waals surface area contributed by atoms with Gasteiger partial charge in [-0.15, -0.1) is 11.8 Å². The minimum Gasteiger partial charge on any atom is -0.103 e. The zero-order chi connectivity index (χ0) is 20.3. The molecule has 1 aromatic rings. The summed E-state index contributed by atoms with van der Waals surface area (Å²) in [4.78, 5) is 1.14. The highest BCUT2D eigenvalue weighted by atomic mass is 35.5. The lowest BCUT2D eigenvalue weighted by Crippen LogP contribution is -2.30. The molecular weight excluding hydrogens is 368 g/mol. The third kappa shape index (κ3) is 8.08. The van der Waals surface area contributed by atoms with Gasteiger partial charge in [-0.3, -0.25) is 0 Å². The fourth-order valence-electron chi connectivity index (χ4n) is 3.83. The summed E-state index contributed by atoms with van der Waals surface area (Å²) < 4.78 is 0. The van der Waals surface area contributed by atoms with Gasteiger partial charge in [0.15, 0.2) is 0 Å². The maximum Gasteiger partial charge on any atom is 0.0406 e. The number of rotatable bonds is 7. The Balaban J connectivity index is 0.000000445. The molecule has 1 aliphatic carbocycles. The Bertz CT molecular complexity index is 579. The Morgan fingerprint density at radius 3 is 2.19 bits per heavy atom. The minimum absolute atomic E-state index is 0.200. The van der Waals surface area contributed by atoms with E-state index in [0.717, 1.165) is 15.8 Å². The average Bonchev–Trinajstić information content (AvgIpc) is 2.67. The van der Waals surface area contributed by atoms with Crippen molar-refractivity contribution in [1.29, 1.82) is 0 Å². The summed E-state index contributed by atoms with van der Waals surface area (Å²) >= 11 is 7.79. The summed E-state index contributed by atoms with van der Waals surface area (Å²) in [7, 11) is 0. The fraction of sp³-hybridized carbons (Fsp3) is 0.600. The molecule has 152 valence electrons. The molecule has 1 aliphatic rings. The van der Waals surface area contributed by atoms with E-state index in [0.29, 0.717) is 0 Å². The van der Waals surface area contributed by atoms with E-state index in [1.54, 1.807) is 11.8 Å². The first-order valence-corrected chi connectivity index (χ1v) is 11.9. The van der Waals surface area contributed by atoms with Crippen LogP contribution in [0.1, 0.15) is 91.5 Å². The molecule has 0 heterocycles. The third-order valence-electron chi connectivity index (χ3n) is 5.77. The van der Waals surface area contributed by atoms with Crippen molar-refractivity contribution in [3.8, 4) is 0 Å². The smallest absolute Gasteiger partial charge is 0.0406 e. The van der Waals surface area contributed by atoms with Crippen LogP contribution in [-0.4, -0.2) is 0 Å². The van der Waals surface area contributed by atoms with E-state index >= 15 is 0 Å². The van der Waals surface area contributed by atoms with Crippen LogP contribution in [0.3, 0.4) is 0 Å². The lowest BCUT2D eigenvalue weighted by atomic mass is 9.66. The van der Waals surface area contributed by atoms with Gasteiger partial charge in [0.2, 0.25) is 0 Å². The van der Waals surface area contributed by atoms with Gasteiger partial charge in [-0.2, -0.15) is 0 Å². The highest BCUT2D eigenvalue weighted by Gasteiger charge is 2.35. The van der Waals surface area contributed by atoms with Gasteiger partial charge in [0.1, 0.15) is 0 Å². The molecule has 0 aliphatic heterocycles. The second kappa shape index (κ2) is 12.7. The van der Waals surface area contributed by atoms with Crippen molar-refractivity contribution in [2.24, 2.45) is 5.92 Å². The molecule has 1 fully saturated rings. The first-order valence-electron chi connectivity index (χ1n) is 10.6. The maximum atomic E-state index is 6.05. The lowest BCUT2D eigenvalue weighted by Gasteiger charge is -2.39. The molecule has 0 saturated heterocycles. The molecule has 1 unspecified atom stereocenters. The second-order valence-corrected chi connectivity index (χ2v) is 9.68. The average molecular weight is 407 g/mol. The topological polar surface area (TPSA) is 0 Å².